The molecule has 0 radical (unpaired) electrons. The second-order valence-corrected chi connectivity index (χ2v) is 6.16. The number of alkyl halides is 2. The summed E-state index contributed by atoms with van der Waals surface area (Å²) in [5.74, 6) is -5.91. The van der Waals surface area contributed by atoms with E-state index in [1.807, 2.05) is 0 Å². The van der Waals surface area contributed by atoms with Crippen molar-refractivity contribution in [2.24, 2.45) is 0 Å². The lowest BCUT2D eigenvalue weighted by Gasteiger charge is -2.23. The summed E-state index contributed by atoms with van der Waals surface area (Å²) < 4.78 is 66.8. The molecule has 2 rings (SSSR count). The van der Waals surface area contributed by atoms with Gasteiger partial charge in [-0.15, -0.1) is 0 Å². The van der Waals surface area contributed by atoms with Crippen molar-refractivity contribution in [1.82, 2.24) is 5.32 Å². The SMILES string of the molecule is CN(c1c(F)cccc1C1OC(=O)NC1=O)S(=O)(=O)C(F)F. The zero-order valence-electron chi connectivity index (χ0n) is 10.9. The second kappa shape index (κ2) is 5.48. The van der Waals surface area contributed by atoms with Crippen LogP contribution >= 0.6 is 0 Å². The molecular formula is C11H9F3N2O5S. The van der Waals surface area contributed by atoms with Crippen molar-refractivity contribution in [3.05, 3.63) is 29.6 Å². The Bertz CT molecular complexity index is 737. The third-order valence-electron chi connectivity index (χ3n) is 2.91. The molecule has 0 aromatic heterocycles. The fourth-order valence-electron chi connectivity index (χ4n) is 1.88. The van der Waals surface area contributed by atoms with Gasteiger partial charge in [0.05, 0.1) is 5.69 Å². The van der Waals surface area contributed by atoms with Crippen LogP contribution in [0.1, 0.15) is 11.7 Å². The van der Waals surface area contributed by atoms with Crippen LogP contribution in [-0.4, -0.2) is 33.2 Å². The number of nitrogens with zero attached hydrogens (tertiary/aromatic N) is 1. The molecule has 1 aliphatic rings. The van der Waals surface area contributed by atoms with Crippen LogP contribution in [0.15, 0.2) is 18.2 Å². The van der Waals surface area contributed by atoms with Gasteiger partial charge in [0.2, 0.25) is 6.10 Å². The van der Waals surface area contributed by atoms with E-state index in [0.29, 0.717) is 7.05 Å². The van der Waals surface area contributed by atoms with Gasteiger partial charge in [-0.25, -0.2) is 17.6 Å². The topological polar surface area (TPSA) is 92.8 Å². The number of alkyl carbamates (subject to hydrolysis) is 1. The number of nitrogens with one attached hydrogen (secondary N) is 1. The van der Waals surface area contributed by atoms with E-state index in [1.165, 1.54) is 0 Å². The van der Waals surface area contributed by atoms with Gasteiger partial charge in [-0.3, -0.25) is 14.4 Å². The molecule has 0 saturated carbocycles. The zero-order chi connectivity index (χ0) is 16.7. The summed E-state index contributed by atoms with van der Waals surface area (Å²) in [5.41, 5.74) is -1.16. The van der Waals surface area contributed by atoms with Gasteiger partial charge in [0.25, 0.3) is 15.9 Å². The van der Waals surface area contributed by atoms with Gasteiger partial charge in [0.1, 0.15) is 5.82 Å². The van der Waals surface area contributed by atoms with E-state index in [4.69, 9.17) is 0 Å². The number of hydrogen-bond donors (Lipinski definition) is 1. The quantitative estimate of drug-likeness (QED) is 0.888. The minimum atomic E-state index is -5.15. The molecule has 1 saturated heterocycles. The standard InChI is InChI=1S/C11H9F3N2O5S/c1-16(22(19,20)10(13)14)7-5(3-2-4-6(7)12)8-9(17)15-11(18)21-8/h2-4,8,10H,1H3,(H,15,17,18). The first-order valence-corrected chi connectivity index (χ1v) is 7.22. The molecule has 2 amide bonds. The Morgan fingerprint density at radius 1 is 1.32 bits per heavy atom. The number of benzene rings is 1. The maximum Gasteiger partial charge on any atom is 0.415 e. The predicted molar refractivity (Wildman–Crippen MR) is 67.1 cm³/mol. The second-order valence-electron chi connectivity index (χ2n) is 4.23. The lowest BCUT2D eigenvalue weighted by atomic mass is 10.1. The van der Waals surface area contributed by atoms with Crippen molar-refractivity contribution >= 4 is 27.7 Å². The van der Waals surface area contributed by atoms with E-state index in [0.717, 1.165) is 18.2 Å². The van der Waals surface area contributed by atoms with Crippen molar-refractivity contribution in [2.75, 3.05) is 11.4 Å². The van der Waals surface area contributed by atoms with Gasteiger partial charge in [0, 0.05) is 12.6 Å². The Hall–Kier alpha value is -2.30. The number of para-hydroxylation sites is 1. The van der Waals surface area contributed by atoms with Crippen LogP contribution in [0.5, 0.6) is 0 Å². The van der Waals surface area contributed by atoms with Crippen LogP contribution in [0, 0.1) is 5.82 Å². The average Bonchev–Trinajstić information content (AvgIpc) is 2.76. The molecule has 1 aliphatic heterocycles. The number of halogens is 3. The molecule has 1 aromatic carbocycles. The number of amides is 2. The number of cyclic esters (lactones) is 1. The molecule has 22 heavy (non-hydrogen) atoms. The van der Waals surface area contributed by atoms with Crippen LogP contribution in [0.25, 0.3) is 0 Å². The van der Waals surface area contributed by atoms with Crippen molar-refractivity contribution in [3.63, 3.8) is 0 Å². The molecular weight excluding hydrogens is 329 g/mol. The van der Waals surface area contributed by atoms with Crippen LogP contribution < -0.4 is 9.62 Å². The van der Waals surface area contributed by atoms with Crippen LogP contribution in [0.2, 0.25) is 0 Å². The van der Waals surface area contributed by atoms with Gasteiger partial charge < -0.3 is 4.74 Å². The molecule has 1 fully saturated rings. The first-order valence-electron chi connectivity index (χ1n) is 5.72. The van der Waals surface area contributed by atoms with Crippen LogP contribution in [0.4, 0.5) is 23.7 Å². The lowest BCUT2D eigenvalue weighted by Crippen LogP contribution is -2.34. The highest BCUT2D eigenvalue weighted by molar-refractivity contribution is 7.93. The first kappa shape index (κ1) is 16.1. The van der Waals surface area contributed by atoms with Gasteiger partial charge in [0.15, 0.2) is 0 Å². The third-order valence-corrected chi connectivity index (χ3v) is 4.31. The first-order chi connectivity index (χ1) is 10.2. The summed E-state index contributed by atoms with van der Waals surface area (Å²) in [6.45, 7) is 0. The van der Waals surface area contributed by atoms with Crippen LogP contribution in [-0.2, 0) is 19.6 Å². The largest absolute Gasteiger partial charge is 0.431 e. The van der Waals surface area contributed by atoms with Gasteiger partial charge >= 0.3 is 11.9 Å². The molecule has 11 heteroatoms. The number of carbonyl (C=O) groups excluding carboxylic acids is 2. The molecule has 0 aliphatic carbocycles. The molecule has 120 valence electrons. The highest BCUT2D eigenvalue weighted by atomic mass is 32.2. The Labute approximate surface area is 122 Å². The predicted octanol–water partition coefficient (Wildman–Crippen LogP) is 1.12. The Morgan fingerprint density at radius 2 is 1.95 bits per heavy atom. The summed E-state index contributed by atoms with van der Waals surface area (Å²) in [5, 5.41) is 1.77. The molecule has 0 spiro atoms. The molecule has 1 heterocycles. The number of anilines is 1. The Kier molecular flexibility index (Phi) is 4.00. The maximum atomic E-state index is 13.9. The highest BCUT2D eigenvalue weighted by Crippen LogP contribution is 2.34. The van der Waals surface area contributed by atoms with Crippen molar-refractivity contribution < 1.29 is 35.9 Å². The number of imide groups is 1. The van der Waals surface area contributed by atoms with E-state index < -0.39 is 45.4 Å². The highest BCUT2D eigenvalue weighted by Gasteiger charge is 2.39. The van der Waals surface area contributed by atoms with Crippen LogP contribution in [0.3, 0.4) is 0 Å². The molecule has 1 atom stereocenters. The van der Waals surface area contributed by atoms with Gasteiger partial charge in [-0.2, -0.15) is 8.78 Å². The number of carbonyl (C=O) groups is 2. The number of sulfonamides is 1. The summed E-state index contributed by atoms with van der Waals surface area (Å²) >= 11 is 0. The zero-order valence-corrected chi connectivity index (χ0v) is 11.7. The average molecular weight is 338 g/mol. The molecule has 1 N–H and O–H groups in total. The monoisotopic (exact) mass is 338 g/mol. The van der Waals surface area contributed by atoms with E-state index in [2.05, 4.69) is 4.74 Å². The van der Waals surface area contributed by atoms with E-state index in [9.17, 15) is 31.2 Å². The summed E-state index contributed by atoms with van der Waals surface area (Å²) in [7, 11) is -4.44. The minimum absolute atomic E-state index is 0.0156. The molecule has 0 bridgehead atoms. The van der Waals surface area contributed by atoms with E-state index in [1.54, 1.807) is 5.32 Å². The number of rotatable bonds is 4. The smallest absolute Gasteiger partial charge is 0.415 e. The fourth-order valence-corrected chi connectivity index (χ4v) is 2.57. The molecule has 7 nitrogen and oxygen atoms in total. The number of hydrogen-bond acceptors (Lipinski definition) is 5. The van der Waals surface area contributed by atoms with Gasteiger partial charge in [-0.1, -0.05) is 12.1 Å². The van der Waals surface area contributed by atoms with Crippen molar-refractivity contribution in [1.29, 1.82) is 0 Å². The van der Waals surface area contributed by atoms with E-state index in [-0.39, 0.29) is 9.87 Å². The summed E-state index contributed by atoms with van der Waals surface area (Å²) in [4.78, 5) is 22.6. The van der Waals surface area contributed by atoms with Gasteiger partial charge in [-0.05, 0) is 6.07 Å². The third kappa shape index (κ3) is 2.58. The summed E-state index contributed by atoms with van der Waals surface area (Å²) in [6, 6.07) is 3.04. The Balaban J connectivity index is 2.57. The number of ether oxygens (including phenoxy) is 1. The van der Waals surface area contributed by atoms with Crippen molar-refractivity contribution in [3.8, 4) is 0 Å². The summed E-state index contributed by atoms with van der Waals surface area (Å²) in [6.07, 6.45) is -2.74. The maximum absolute atomic E-state index is 13.9. The van der Waals surface area contributed by atoms with Crippen molar-refractivity contribution in [2.45, 2.75) is 11.9 Å². The fraction of sp³-hybridized carbons (Fsp3) is 0.273. The molecule has 1 unspecified atom stereocenters. The normalized spacial score (nSPS) is 18.3. The van der Waals surface area contributed by atoms with E-state index >= 15 is 0 Å². The molecule has 1 aromatic rings. The Morgan fingerprint density at radius 3 is 2.45 bits per heavy atom. The lowest BCUT2D eigenvalue weighted by molar-refractivity contribution is -0.123. The minimum Gasteiger partial charge on any atom is -0.431 e.